The van der Waals surface area contributed by atoms with Gasteiger partial charge in [-0.1, -0.05) is 5.16 Å². The van der Waals surface area contributed by atoms with Gasteiger partial charge < -0.3 is 41.5 Å². The number of benzene rings is 1. The maximum Gasteiger partial charge on any atom is 0.418 e. The quantitative estimate of drug-likeness (QED) is 0.0486. The largest absolute Gasteiger partial charge is 0.486 e. The molecule has 0 bridgehead atoms. The number of rotatable bonds is 13. The average molecular weight is 753 g/mol. The minimum absolute atomic E-state index is 0.0232. The zero-order valence-corrected chi connectivity index (χ0v) is 30.3. The van der Waals surface area contributed by atoms with E-state index in [9.17, 15) is 23.1 Å². The van der Waals surface area contributed by atoms with Gasteiger partial charge in [0, 0.05) is 30.6 Å². The number of methoxy groups -OCH3 is 1. The van der Waals surface area contributed by atoms with E-state index in [0.29, 0.717) is 41.6 Å². The maximum atomic E-state index is 13.5. The number of oxime groups is 1. The Kier molecular flexibility index (Phi) is 11.0. The van der Waals surface area contributed by atoms with Crippen LogP contribution in [0.5, 0.6) is 5.75 Å². The first-order chi connectivity index (χ1) is 23.9. The highest BCUT2D eigenvalue weighted by atomic mass is 32.3. The molecule has 1 saturated heterocycles. The van der Waals surface area contributed by atoms with Gasteiger partial charge in [0.2, 0.25) is 0 Å². The number of hydrogen-bond acceptors (Lipinski definition) is 15. The van der Waals surface area contributed by atoms with Gasteiger partial charge in [0.05, 0.1) is 17.7 Å². The number of aromatic nitrogens is 1. The maximum absolute atomic E-state index is 13.5. The second-order valence-electron chi connectivity index (χ2n) is 13.6. The Morgan fingerprint density at radius 3 is 2.55 bits per heavy atom. The lowest BCUT2D eigenvalue weighted by Crippen LogP contribution is -2.76. The van der Waals surface area contributed by atoms with Crippen molar-refractivity contribution in [3.8, 4) is 5.75 Å². The number of carbonyl (C=O) groups is 2. The summed E-state index contributed by atoms with van der Waals surface area (Å²) in [5.74, 6) is -1.00. The SMILES string of the molecule is CO[C@]1(CN)CC[C@H](NC(=N)c2ccc3c(c2)CC[C@H]([C@@](C)(CO)O/N=C(\C(=O)N[C@@H]2C(=O)N(OS(=O)(=O)O)C2(C)C)c2csc(N)n2)O3)CC1. The molecule has 3 atom stereocenters. The number of amidine groups is 1. The Morgan fingerprint density at radius 1 is 1.27 bits per heavy atom. The van der Waals surface area contributed by atoms with Crippen molar-refractivity contribution in [1.29, 1.82) is 5.41 Å². The highest BCUT2D eigenvalue weighted by molar-refractivity contribution is 7.80. The van der Waals surface area contributed by atoms with Crippen molar-refractivity contribution >= 4 is 50.2 Å². The lowest BCUT2D eigenvalue weighted by molar-refractivity contribution is -0.218. The van der Waals surface area contributed by atoms with Crippen LogP contribution >= 0.6 is 11.3 Å². The lowest BCUT2D eigenvalue weighted by atomic mass is 9.82. The zero-order chi connectivity index (χ0) is 37.4. The van der Waals surface area contributed by atoms with E-state index in [1.165, 1.54) is 19.2 Å². The van der Waals surface area contributed by atoms with Crippen LogP contribution in [-0.2, 0) is 40.3 Å². The summed E-state index contributed by atoms with van der Waals surface area (Å²) in [5, 5.41) is 31.0. The summed E-state index contributed by atoms with van der Waals surface area (Å²) in [5.41, 5.74) is 9.83. The third kappa shape index (κ3) is 8.11. The van der Waals surface area contributed by atoms with Crippen molar-refractivity contribution in [2.24, 2.45) is 10.9 Å². The van der Waals surface area contributed by atoms with Crippen molar-refractivity contribution in [1.82, 2.24) is 20.7 Å². The fourth-order valence-electron chi connectivity index (χ4n) is 6.40. The summed E-state index contributed by atoms with van der Waals surface area (Å²) in [4.78, 5) is 36.1. The number of aliphatic hydroxyl groups is 1. The van der Waals surface area contributed by atoms with E-state index in [1.807, 2.05) is 6.07 Å². The second-order valence-corrected chi connectivity index (χ2v) is 15.5. The number of nitrogen functional groups attached to an aromatic ring is 1. The molecule has 2 amide bonds. The molecular formula is C31H44N8O10S2. The zero-order valence-electron chi connectivity index (χ0n) is 28.7. The molecule has 0 unspecified atom stereocenters. The van der Waals surface area contributed by atoms with E-state index in [4.69, 9.17) is 35.7 Å². The van der Waals surface area contributed by atoms with Gasteiger partial charge in [-0.25, -0.2) is 4.98 Å². The fraction of sp³-hybridized carbons (Fsp3) is 0.581. The minimum atomic E-state index is -5.00. The number of nitrogens with two attached hydrogens (primary N) is 2. The molecule has 2 fully saturated rings. The number of fused-ring (bicyclic) bond motifs is 1. The van der Waals surface area contributed by atoms with Crippen molar-refractivity contribution in [2.75, 3.05) is 26.0 Å². The van der Waals surface area contributed by atoms with Crippen LogP contribution in [0.2, 0.25) is 0 Å². The average Bonchev–Trinajstić information content (AvgIpc) is 3.54. The topological polar surface area (TPSA) is 274 Å². The van der Waals surface area contributed by atoms with Gasteiger partial charge in [-0.15, -0.1) is 15.6 Å². The molecule has 2 aromatic rings. The Labute approximate surface area is 299 Å². The van der Waals surface area contributed by atoms with Gasteiger partial charge in [-0.05, 0) is 83.1 Å². The van der Waals surface area contributed by atoms with Crippen molar-refractivity contribution in [3.05, 3.63) is 40.4 Å². The van der Waals surface area contributed by atoms with Crippen LogP contribution in [0.15, 0.2) is 28.7 Å². The van der Waals surface area contributed by atoms with Gasteiger partial charge in [0.15, 0.2) is 16.4 Å². The third-order valence-electron chi connectivity index (χ3n) is 9.79. The van der Waals surface area contributed by atoms with Gasteiger partial charge in [-0.2, -0.15) is 13.5 Å². The molecule has 51 heavy (non-hydrogen) atoms. The number of carbonyl (C=O) groups excluding carboxylic acids is 2. The molecule has 2 aliphatic heterocycles. The summed E-state index contributed by atoms with van der Waals surface area (Å²) >= 11 is 1.03. The van der Waals surface area contributed by atoms with Crippen LogP contribution in [0.3, 0.4) is 0 Å². The monoisotopic (exact) mass is 752 g/mol. The molecule has 18 nitrogen and oxygen atoms in total. The summed E-state index contributed by atoms with van der Waals surface area (Å²) < 4.78 is 47.7. The first kappa shape index (κ1) is 38.3. The van der Waals surface area contributed by atoms with Crippen molar-refractivity contribution < 1.29 is 46.3 Å². The molecular weight excluding hydrogens is 709 g/mol. The highest BCUT2D eigenvalue weighted by Gasteiger charge is 2.58. The van der Waals surface area contributed by atoms with Gasteiger partial charge in [0.25, 0.3) is 11.8 Å². The van der Waals surface area contributed by atoms with E-state index in [-0.39, 0.29) is 28.2 Å². The number of amides is 2. The van der Waals surface area contributed by atoms with Gasteiger partial charge in [0.1, 0.15) is 29.4 Å². The highest BCUT2D eigenvalue weighted by Crippen LogP contribution is 2.36. The molecule has 5 rings (SSSR count). The Bertz CT molecular complexity index is 1790. The van der Waals surface area contributed by atoms with Crippen molar-refractivity contribution in [2.45, 2.75) is 94.2 Å². The summed E-state index contributed by atoms with van der Waals surface area (Å²) in [6.07, 6.45) is 3.54. The molecule has 1 aliphatic carbocycles. The number of aryl methyl sites for hydroxylation is 1. The van der Waals surface area contributed by atoms with Crippen LogP contribution in [0, 0.1) is 5.41 Å². The number of hydrogen-bond donors (Lipinski definition) is 7. The molecule has 1 aromatic heterocycles. The number of thiazole rings is 1. The van der Waals surface area contributed by atoms with E-state index in [0.717, 1.165) is 42.6 Å². The number of β-lactam (4-membered cyclic amide) rings is 1. The normalized spacial score (nSPS) is 25.9. The smallest absolute Gasteiger partial charge is 0.418 e. The predicted octanol–water partition coefficient (Wildman–Crippen LogP) is 0.632. The Hall–Kier alpha value is -3.92. The Morgan fingerprint density at radius 2 is 1.98 bits per heavy atom. The molecule has 20 heteroatoms. The number of nitrogens with zero attached hydrogens (tertiary/aromatic N) is 3. The fourth-order valence-corrected chi connectivity index (χ4v) is 7.40. The summed E-state index contributed by atoms with van der Waals surface area (Å²) in [7, 11) is -3.31. The summed E-state index contributed by atoms with van der Waals surface area (Å²) in [6.45, 7) is 4.30. The molecule has 9 N–H and O–H groups in total. The number of nitrogens with one attached hydrogen (secondary N) is 3. The van der Waals surface area contributed by atoms with Crippen LogP contribution in [0.4, 0.5) is 5.13 Å². The van der Waals surface area contributed by atoms with Crippen LogP contribution in [-0.4, -0.2) is 107 Å². The molecule has 1 saturated carbocycles. The van der Waals surface area contributed by atoms with E-state index < -0.39 is 52.1 Å². The van der Waals surface area contributed by atoms with Crippen LogP contribution < -0.4 is 26.8 Å². The van der Waals surface area contributed by atoms with E-state index in [2.05, 4.69) is 25.1 Å². The molecule has 3 aliphatic rings. The molecule has 0 spiro atoms. The molecule has 0 radical (unpaired) electrons. The van der Waals surface area contributed by atoms with Gasteiger partial charge >= 0.3 is 10.4 Å². The number of anilines is 1. The summed E-state index contributed by atoms with van der Waals surface area (Å²) in [6, 6.07) is 4.32. The Balaban J connectivity index is 1.27. The number of hydroxylamine groups is 2. The van der Waals surface area contributed by atoms with Crippen LogP contribution in [0.25, 0.3) is 0 Å². The first-order valence-electron chi connectivity index (χ1n) is 16.2. The molecule has 3 heterocycles. The second kappa shape index (κ2) is 14.6. The van der Waals surface area contributed by atoms with Crippen molar-refractivity contribution in [3.63, 3.8) is 0 Å². The standard InChI is InChI=1S/C31H44N8O10S2/c1-29(2)24(27(42)39(29)49-51(43,44)45)37-26(41)23(20-14-50-28(34)36-20)38-48-30(3,16-40)22-8-6-17-13-18(5-7-21(17)47-22)25(33)35-19-9-11-31(15-32,46-4)12-10-19/h5,7,13-14,19,22,24,40H,6,8-12,15-16,32H2,1-4H3,(H2,33,35)(H2,34,36)(H,37,41)(H,43,44,45)/b38-23-/t19-,22-,24-,30-,31+/m1/s1. The molecule has 1 aromatic carbocycles. The third-order valence-corrected chi connectivity index (χ3v) is 10.8. The number of ether oxygens (including phenoxy) is 2. The molecule has 280 valence electrons. The lowest BCUT2D eigenvalue weighted by Gasteiger charge is -2.50. The predicted molar refractivity (Wildman–Crippen MR) is 185 cm³/mol. The van der Waals surface area contributed by atoms with E-state index in [1.54, 1.807) is 26.2 Å². The minimum Gasteiger partial charge on any atom is -0.486 e. The number of aliphatic hydroxyl groups excluding tert-OH is 1. The van der Waals surface area contributed by atoms with E-state index >= 15 is 0 Å². The van der Waals surface area contributed by atoms with Gasteiger partial charge in [-0.3, -0.25) is 19.6 Å². The first-order valence-corrected chi connectivity index (χ1v) is 18.5. The van der Waals surface area contributed by atoms with Crippen LogP contribution in [0.1, 0.15) is 69.7 Å².